The topological polar surface area (TPSA) is 80.9 Å². The Bertz CT molecular complexity index is 857. The van der Waals surface area contributed by atoms with E-state index in [-0.39, 0.29) is 11.6 Å². The molecule has 0 saturated carbocycles. The summed E-state index contributed by atoms with van der Waals surface area (Å²) in [6.07, 6.45) is 1.90. The van der Waals surface area contributed by atoms with Gasteiger partial charge in [-0.25, -0.2) is 0 Å². The normalized spacial score (nSPS) is 10.7. The van der Waals surface area contributed by atoms with Crippen molar-refractivity contribution in [2.24, 2.45) is 0 Å². The lowest BCUT2D eigenvalue weighted by molar-refractivity contribution is 0.101. The number of anilines is 1. The Morgan fingerprint density at radius 2 is 2.04 bits per heavy atom. The molecule has 0 atom stereocenters. The largest absolute Gasteiger partial charge is 0.355 e. The highest BCUT2D eigenvalue weighted by Crippen LogP contribution is 2.25. The number of hydrogen-bond acceptors (Lipinski definition) is 7. The van der Waals surface area contributed by atoms with Gasteiger partial charge in [0.25, 0.3) is 5.91 Å². The summed E-state index contributed by atoms with van der Waals surface area (Å²) in [5.74, 6) is 0.188. The van der Waals surface area contributed by atoms with Crippen molar-refractivity contribution >= 4 is 34.1 Å². The molecule has 118 valence electrons. The summed E-state index contributed by atoms with van der Waals surface area (Å²) < 4.78 is 6.07. The van der Waals surface area contributed by atoms with Crippen LogP contribution in [0, 0.1) is 13.8 Å². The monoisotopic (exact) mass is 346 g/mol. The van der Waals surface area contributed by atoms with Crippen molar-refractivity contribution in [3.05, 3.63) is 41.1 Å². The number of aryl methyl sites for hydroxylation is 2. The molecule has 1 aromatic carbocycles. The number of rotatable bonds is 4. The summed E-state index contributed by atoms with van der Waals surface area (Å²) in [7, 11) is 0. The van der Waals surface area contributed by atoms with Gasteiger partial charge in [-0.05, 0) is 37.3 Å². The van der Waals surface area contributed by atoms with Crippen LogP contribution in [0.15, 0.2) is 33.1 Å². The summed E-state index contributed by atoms with van der Waals surface area (Å²) in [4.78, 5) is 12.2. The zero-order valence-corrected chi connectivity index (χ0v) is 14.4. The van der Waals surface area contributed by atoms with Crippen LogP contribution in [0.1, 0.15) is 21.6 Å². The number of nitrogens with zero attached hydrogens (tertiary/aromatic N) is 3. The smallest absolute Gasteiger partial charge is 0.279 e. The molecular weight excluding hydrogens is 332 g/mol. The standard InChI is InChI=1S/C15H14N4O2S2/c1-8-4-5-10(6-9(8)2)12-7-11(19-21-12)13(20)16-14-17-18-15(22-3)23-14/h4-7H,1-3H3,(H,16,17,20). The zero-order valence-electron chi connectivity index (χ0n) is 12.8. The van der Waals surface area contributed by atoms with Crippen LogP contribution in [0.4, 0.5) is 5.13 Å². The van der Waals surface area contributed by atoms with E-state index in [9.17, 15) is 4.79 Å². The van der Waals surface area contributed by atoms with Crippen molar-refractivity contribution in [3.63, 3.8) is 0 Å². The molecule has 2 aromatic heterocycles. The second kappa shape index (κ2) is 6.51. The van der Waals surface area contributed by atoms with Crippen LogP contribution < -0.4 is 5.32 Å². The zero-order chi connectivity index (χ0) is 16.4. The fraction of sp³-hybridized carbons (Fsp3) is 0.200. The maximum Gasteiger partial charge on any atom is 0.279 e. The third kappa shape index (κ3) is 3.43. The first-order valence-electron chi connectivity index (χ1n) is 6.80. The first-order chi connectivity index (χ1) is 11.1. The first-order valence-corrected chi connectivity index (χ1v) is 8.84. The van der Waals surface area contributed by atoms with Gasteiger partial charge in [-0.15, -0.1) is 10.2 Å². The van der Waals surface area contributed by atoms with Crippen molar-refractivity contribution in [3.8, 4) is 11.3 Å². The van der Waals surface area contributed by atoms with Crippen molar-refractivity contribution in [2.75, 3.05) is 11.6 Å². The van der Waals surface area contributed by atoms with Crippen LogP contribution in [-0.4, -0.2) is 27.5 Å². The summed E-state index contributed by atoms with van der Waals surface area (Å²) in [5, 5.41) is 14.8. The quantitative estimate of drug-likeness (QED) is 0.572. The van der Waals surface area contributed by atoms with Crippen molar-refractivity contribution in [2.45, 2.75) is 18.2 Å². The third-order valence-corrected chi connectivity index (χ3v) is 5.15. The molecule has 3 rings (SSSR count). The molecule has 1 amide bonds. The Morgan fingerprint density at radius 3 is 2.74 bits per heavy atom. The molecule has 6 nitrogen and oxygen atoms in total. The second-order valence-corrected chi connectivity index (χ2v) is 6.94. The van der Waals surface area contributed by atoms with E-state index in [0.29, 0.717) is 10.9 Å². The number of thioether (sulfide) groups is 1. The Balaban J connectivity index is 1.77. The molecule has 0 unspecified atom stereocenters. The van der Waals surface area contributed by atoms with Gasteiger partial charge in [0, 0.05) is 11.6 Å². The molecule has 8 heteroatoms. The van der Waals surface area contributed by atoms with Crippen LogP contribution in [0.5, 0.6) is 0 Å². The summed E-state index contributed by atoms with van der Waals surface area (Å²) in [6, 6.07) is 7.58. The minimum atomic E-state index is -0.368. The van der Waals surface area contributed by atoms with E-state index in [0.717, 1.165) is 15.5 Å². The summed E-state index contributed by atoms with van der Waals surface area (Å²) in [5.41, 5.74) is 3.45. The first kappa shape index (κ1) is 15.7. The number of carbonyl (C=O) groups is 1. The van der Waals surface area contributed by atoms with Crippen molar-refractivity contribution < 1.29 is 9.32 Å². The molecule has 0 bridgehead atoms. The molecule has 0 radical (unpaired) electrons. The van der Waals surface area contributed by atoms with E-state index in [2.05, 4.69) is 20.7 Å². The molecular formula is C15H14N4O2S2. The maximum absolute atomic E-state index is 12.2. The molecule has 0 aliphatic rings. The van der Waals surface area contributed by atoms with E-state index < -0.39 is 0 Å². The van der Waals surface area contributed by atoms with Gasteiger partial charge in [0.2, 0.25) is 5.13 Å². The number of hydrogen-bond donors (Lipinski definition) is 1. The fourth-order valence-electron chi connectivity index (χ4n) is 1.92. The van der Waals surface area contributed by atoms with Gasteiger partial charge in [-0.1, -0.05) is 40.4 Å². The second-order valence-electron chi connectivity index (χ2n) is 4.91. The van der Waals surface area contributed by atoms with Crippen LogP contribution >= 0.6 is 23.1 Å². The van der Waals surface area contributed by atoms with Crippen molar-refractivity contribution in [1.82, 2.24) is 15.4 Å². The van der Waals surface area contributed by atoms with Gasteiger partial charge in [0.05, 0.1) is 0 Å². The molecule has 0 fully saturated rings. The van der Waals surface area contributed by atoms with Gasteiger partial charge < -0.3 is 4.52 Å². The lowest BCUT2D eigenvalue weighted by Gasteiger charge is -2.01. The Morgan fingerprint density at radius 1 is 1.22 bits per heavy atom. The Kier molecular flexibility index (Phi) is 4.44. The fourth-order valence-corrected chi connectivity index (χ4v) is 3.08. The van der Waals surface area contributed by atoms with Gasteiger partial charge in [0.15, 0.2) is 15.8 Å². The lowest BCUT2D eigenvalue weighted by Crippen LogP contribution is -2.11. The molecule has 3 aromatic rings. The molecule has 0 saturated heterocycles. The van der Waals surface area contributed by atoms with E-state index >= 15 is 0 Å². The molecule has 0 aliphatic carbocycles. The number of aromatic nitrogens is 3. The lowest BCUT2D eigenvalue weighted by atomic mass is 10.0. The number of carbonyl (C=O) groups excluding carboxylic acids is 1. The Hall–Kier alpha value is -2.19. The molecule has 23 heavy (non-hydrogen) atoms. The van der Waals surface area contributed by atoms with E-state index in [4.69, 9.17) is 4.52 Å². The summed E-state index contributed by atoms with van der Waals surface area (Å²) >= 11 is 2.79. The SMILES string of the molecule is CSc1nnc(NC(=O)c2cc(-c3ccc(C)c(C)c3)on2)s1. The van der Waals surface area contributed by atoms with E-state index in [1.807, 2.05) is 38.3 Å². The third-order valence-electron chi connectivity index (χ3n) is 3.34. The summed E-state index contributed by atoms with van der Waals surface area (Å²) in [6.45, 7) is 4.07. The Labute approximate surface area is 141 Å². The van der Waals surface area contributed by atoms with Crippen LogP contribution in [0.25, 0.3) is 11.3 Å². The van der Waals surface area contributed by atoms with Crippen LogP contribution in [-0.2, 0) is 0 Å². The number of benzene rings is 1. The van der Waals surface area contributed by atoms with Gasteiger partial charge >= 0.3 is 0 Å². The highest BCUT2D eigenvalue weighted by molar-refractivity contribution is 8.00. The van der Waals surface area contributed by atoms with Crippen LogP contribution in [0.2, 0.25) is 0 Å². The highest BCUT2D eigenvalue weighted by atomic mass is 32.2. The van der Waals surface area contributed by atoms with Gasteiger partial charge in [-0.3, -0.25) is 10.1 Å². The predicted molar refractivity (Wildman–Crippen MR) is 91.1 cm³/mol. The van der Waals surface area contributed by atoms with Gasteiger partial charge in [0.1, 0.15) is 0 Å². The highest BCUT2D eigenvalue weighted by Gasteiger charge is 2.16. The van der Waals surface area contributed by atoms with Crippen molar-refractivity contribution in [1.29, 1.82) is 0 Å². The molecule has 2 heterocycles. The molecule has 0 aliphatic heterocycles. The van der Waals surface area contributed by atoms with Gasteiger partial charge in [-0.2, -0.15) is 0 Å². The number of nitrogens with one attached hydrogen (secondary N) is 1. The van der Waals surface area contributed by atoms with E-state index in [1.54, 1.807) is 6.07 Å². The predicted octanol–water partition coefficient (Wildman–Crippen LogP) is 3.78. The minimum Gasteiger partial charge on any atom is -0.355 e. The number of amides is 1. The minimum absolute atomic E-state index is 0.208. The van der Waals surface area contributed by atoms with E-state index in [1.165, 1.54) is 28.7 Å². The molecule has 1 N–H and O–H groups in total. The average molecular weight is 346 g/mol. The maximum atomic E-state index is 12.2. The van der Waals surface area contributed by atoms with Crippen LogP contribution in [0.3, 0.4) is 0 Å². The average Bonchev–Trinajstić information content (AvgIpc) is 3.19. The molecule has 0 spiro atoms.